The predicted octanol–water partition coefficient (Wildman–Crippen LogP) is 6.81. The highest BCUT2D eigenvalue weighted by Crippen LogP contribution is 2.33. The van der Waals surface area contributed by atoms with Gasteiger partial charge in [-0.1, -0.05) is 57.5 Å². The Bertz CT molecular complexity index is 1450. The minimum Gasteiger partial charge on any atom is -0.489 e. The average Bonchev–Trinajstić information content (AvgIpc) is 3.33. The number of ether oxygens (including phenoxy) is 1. The molecule has 0 unspecified atom stereocenters. The van der Waals surface area contributed by atoms with E-state index in [-0.39, 0.29) is 5.69 Å². The van der Waals surface area contributed by atoms with Crippen LogP contribution >= 0.6 is 15.9 Å². The van der Waals surface area contributed by atoms with Gasteiger partial charge in [-0.25, -0.2) is 0 Å². The molecular weight excluding hydrogens is 486 g/mol. The minimum atomic E-state index is -0.393. The third-order valence-electron chi connectivity index (χ3n) is 5.18. The summed E-state index contributed by atoms with van der Waals surface area (Å²) in [6.07, 6.45) is 0. The van der Waals surface area contributed by atoms with Gasteiger partial charge in [0.15, 0.2) is 0 Å². The molecule has 0 spiro atoms. The molecule has 5 rings (SSSR count). The lowest BCUT2D eigenvalue weighted by Gasteiger charge is -2.06. The fourth-order valence-corrected chi connectivity index (χ4v) is 3.80. The zero-order valence-electron chi connectivity index (χ0n) is 17.1. The molecule has 0 amide bonds. The number of rotatable bonds is 6. The van der Waals surface area contributed by atoms with Gasteiger partial charge in [0.25, 0.3) is 11.6 Å². The molecule has 5 aromatic rings. The summed E-state index contributed by atoms with van der Waals surface area (Å²) in [4.78, 5) is 15.5. The number of fused-ring (bicyclic) bond motifs is 1. The monoisotopic (exact) mass is 501 g/mol. The molecule has 7 nitrogen and oxygen atoms in total. The standard InChI is InChI=1S/C25H16BrN3O4/c26-18-11-13-19(14-12-18)32-15-16-7-9-17(10-8-16)25-27-24(28-33-25)22-5-1-4-21-20(22)3-2-6-23(21)29(30)31/h1-14H,15H2. The highest BCUT2D eigenvalue weighted by atomic mass is 79.9. The van der Waals surface area contributed by atoms with Crippen molar-refractivity contribution in [3.63, 3.8) is 0 Å². The molecule has 0 aliphatic heterocycles. The summed E-state index contributed by atoms with van der Waals surface area (Å²) in [7, 11) is 0. The van der Waals surface area contributed by atoms with E-state index in [0.29, 0.717) is 34.7 Å². The summed E-state index contributed by atoms with van der Waals surface area (Å²) in [5, 5.41) is 16.7. The summed E-state index contributed by atoms with van der Waals surface area (Å²) in [5.74, 6) is 1.53. The number of aromatic nitrogens is 2. The van der Waals surface area contributed by atoms with Crippen LogP contribution in [0, 0.1) is 10.1 Å². The van der Waals surface area contributed by atoms with Crippen LogP contribution in [0.1, 0.15) is 5.56 Å². The van der Waals surface area contributed by atoms with Crippen LogP contribution in [0.2, 0.25) is 0 Å². The molecule has 0 N–H and O–H groups in total. The summed E-state index contributed by atoms with van der Waals surface area (Å²) in [6.45, 7) is 0.436. The number of nitro benzene ring substituents is 1. The highest BCUT2D eigenvalue weighted by Gasteiger charge is 2.17. The Kier molecular flexibility index (Phi) is 5.58. The molecule has 0 fully saturated rings. The third kappa shape index (κ3) is 4.33. The van der Waals surface area contributed by atoms with Crippen LogP contribution < -0.4 is 4.74 Å². The van der Waals surface area contributed by atoms with Gasteiger partial charge in [0.1, 0.15) is 12.4 Å². The molecule has 0 atom stereocenters. The lowest BCUT2D eigenvalue weighted by molar-refractivity contribution is -0.383. The summed E-state index contributed by atoms with van der Waals surface area (Å²) in [5.41, 5.74) is 2.49. The van der Waals surface area contributed by atoms with Crippen LogP contribution in [-0.2, 0) is 6.61 Å². The maximum atomic E-state index is 11.4. The van der Waals surface area contributed by atoms with Crippen LogP contribution in [0.15, 0.2) is 93.9 Å². The molecule has 0 radical (unpaired) electrons. The molecule has 0 bridgehead atoms. The normalized spacial score (nSPS) is 10.9. The second kappa shape index (κ2) is 8.84. The van der Waals surface area contributed by atoms with Crippen molar-refractivity contribution in [2.24, 2.45) is 0 Å². The largest absolute Gasteiger partial charge is 0.489 e. The van der Waals surface area contributed by atoms with E-state index in [2.05, 4.69) is 26.1 Å². The van der Waals surface area contributed by atoms with Gasteiger partial charge in [-0.3, -0.25) is 10.1 Å². The lowest BCUT2D eigenvalue weighted by Crippen LogP contribution is -1.95. The van der Waals surface area contributed by atoms with Crippen molar-refractivity contribution in [1.82, 2.24) is 10.1 Å². The Morgan fingerprint density at radius 3 is 2.39 bits per heavy atom. The molecule has 162 valence electrons. The Hall–Kier alpha value is -4.04. The molecule has 4 aromatic carbocycles. The van der Waals surface area contributed by atoms with E-state index < -0.39 is 4.92 Å². The van der Waals surface area contributed by atoms with Gasteiger partial charge < -0.3 is 9.26 Å². The van der Waals surface area contributed by atoms with Crippen molar-refractivity contribution in [2.75, 3.05) is 0 Å². The quantitative estimate of drug-likeness (QED) is 0.187. The molecule has 0 aliphatic carbocycles. The first kappa shape index (κ1) is 20.8. The molecular formula is C25H16BrN3O4. The van der Waals surface area contributed by atoms with E-state index in [1.807, 2.05) is 60.7 Å². The van der Waals surface area contributed by atoms with Gasteiger partial charge in [-0.05, 0) is 53.4 Å². The number of halogens is 1. The van der Waals surface area contributed by atoms with Crippen molar-refractivity contribution >= 4 is 32.4 Å². The topological polar surface area (TPSA) is 91.3 Å². The van der Waals surface area contributed by atoms with Gasteiger partial charge in [-0.15, -0.1) is 0 Å². The molecule has 0 saturated heterocycles. The number of hydrogen-bond acceptors (Lipinski definition) is 6. The number of nitro groups is 1. The van der Waals surface area contributed by atoms with Crippen LogP contribution in [0.3, 0.4) is 0 Å². The first-order chi connectivity index (χ1) is 16.1. The fraction of sp³-hybridized carbons (Fsp3) is 0.0400. The molecule has 8 heteroatoms. The van der Waals surface area contributed by atoms with Crippen LogP contribution in [-0.4, -0.2) is 15.1 Å². The second-order valence-corrected chi connectivity index (χ2v) is 8.21. The smallest absolute Gasteiger partial charge is 0.277 e. The minimum absolute atomic E-state index is 0.0408. The van der Waals surface area contributed by atoms with Crippen molar-refractivity contribution in [2.45, 2.75) is 6.61 Å². The first-order valence-electron chi connectivity index (χ1n) is 10.1. The molecule has 0 aliphatic rings. The Labute approximate surface area is 196 Å². The van der Waals surface area contributed by atoms with Crippen molar-refractivity contribution in [3.8, 4) is 28.6 Å². The van der Waals surface area contributed by atoms with Gasteiger partial charge in [0.05, 0.1) is 10.3 Å². The molecule has 1 heterocycles. The van der Waals surface area contributed by atoms with Crippen LogP contribution in [0.5, 0.6) is 5.75 Å². The number of nitrogens with zero attached hydrogens (tertiary/aromatic N) is 3. The summed E-state index contributed by atoms with van der Waals surface area (Å²) < 4.78 is 12.3. The van der Waals surface area contributed by atoms with E-state index in [1.165, 1.54) is 6.07 Å². The van der Waals surface area contributed by atoms with Gasteiger partial charge in [0.2, 0.25) is 5.82 Å². The van der Waals surface area contributed by atoms with Crippen molar-refractivity contribution in [3.05, 3.63) is 105 Å². The van der Waals surface area contributed by atoms with Gasteiger partial charge in [0, 0.05) is 21.7 Å². The second-order valence-electron chi connectivity index (χ2n) is 7.30. The van der Waals surface area contributed by atoms with Crippen molar-refractivity contribution in [1.29, 1.82) is 0 Å². The fourth-order valence-electron chi connectivity index (χ4n) is 3.54. The zero-order chi connectivity index (χ0) is 22.8. The Morgan fingerprint density at radius 1 is 0.909 bits per heavy atom. The summed E-state index contributed by atoms with van der Waals surface area (Å²) >= 11 is 3.41. The van der Waals surface area contributed by atoms with Crippen LogP contribution in [0.4, 0.5) is 5.69 Å². The maximum Gasteiger partial charge on any atom is 0.277 e. The Balaban J connectivity index is 1.37. The Morgan fingerprint density at radius 2 is 1.64 bits per heavy atom. The van der Waals surface area contributed by atoms with E-state index in [9.17, 15) is 10.1 Å². The van der Waals surface area contributed by atoms with Gasteiger partial charge >= 0.3 is 0 Å². The highest BCUT2D eigenvalue weighted by molar-refractivity contribution is 9.10. The zero-order valence-corrected chi connectivity index (χ0v) is 18.7. The number of non-ortho nitro benzene ring substituents is 1. The average molecular weight is 502 g/mol. The first-order valence-corrected chi connectivity index (χ1v) is 10.9. The lowest BCUT2D eigenvalue weighted by atomic mass is 10.0. The SMILES string of the molecule is O=[N+]([O-])c1cccc2c(-c3noc(-c4ccc(COc5ccc(Br)cc5)cc4)n3)cccc12. The van der Waals surface area contributed by atoms with E-state index in [4.69, 9.17) is 9.26 Å². The summed E-state index contributed by atoms with van der Waals surface area (Å²) in [6, 6.07) is 25.6. The molecule has 1 aromatic heterocycles. The predicted molar refractivity (Wildman–Crippen MR) is 128 cm³/mol. The van der Waals surface area contributed by atoms with Crippen LogP contribution in [0.25, 0.3) is 33.6 Å². The third-order valence-corrected chi connectivity index (χ3v) is 5.71. The van der Waals surface area contributed by atoms with E-state index in [0.717, 1.165) is 21.3 Å². The number of hydrogen-bond donors (Lipinski definition) is 0. The molecule has 0 saturated carbocycles. The molecule has 33 heavy (non-hydrogen) atoms. The van der Waals surface area contributed by atoms with E-state index >= 15 is 0 Å². The maximum absolute atomic E-state index is 11.4. The van der Waals surface area contributed by atoms with Crippen molar-refractivity contribution < 1.29 is 14.2 Å². The van der Waals surface area contributed by atoms with E-state index in [1.54, 1.807) is 18.2 Å². The van der Waals surface area contributed by atoms with Gasteiger partial charge in [-0.2, -0.15) is 4.98 Å². The number of benzene rings is 4.